The lowest BCUT2D eigenvalue weighted by molar-refractivity contribution is 0.107. The lowest BCUT2D eigenvalue weighted by Gasteiger charge is -2.31. The summed E-state index contributed by atoms with van der Waals surface area (Å²) in [6.07, 6.45) is 5.50. The van der Waals surface area contributed by atoms with Crippen molar-refractivity contribution in [2.24, 2.45) is 5.92 Å². The lowest BCUT2D eigenvalue weighted by Crippen LogP contribution is -2.43. The molecule has 0 bridgehead atoms. The Kier molecular flexibility index (Phi) is 6.03. The number of hydrogen-bond donors (Lipinski definition) is 1. The Balaban J connectivity index is 1.32. The van der Waals surface area contributed by atoms with Gasteiger partial charge >= 0.3 is 6.01 Å². The quantitative estimate of drug-likeness (QED) is 0.193. The number of anilines is 2. The van der Waals surface area contributed by atoms with E-state index in [1.54, 1.807) is 15.9 Å². The number of alkyl halides is 2. The minimum Gasteiger partial charge on any atom is -0.461 e. The van der Waals surface area contributed by atoms with Crippen LogP contribution in [-0.2, 0) is 4.74 Å². The molecule has 232 valence electrons. The number of benzene rings is 2. The van der Waals surface area contributed by atoms with E-state index in [2.05, 4.69) is 20.9 Å². The Hall–Kier alpha value is -4.21. The molecule has 3 saturated heterocycles. The van der Waals surface area contributed by atoms with Crippen molar-refractivity contribution in [3.8, 4) is 29.6 Å². The van der Waals surface area contributed by atoms with Gasteiger partial charge < -0.3 is 20.1 Å². The molecular weight excluding hydrogens is 588 g/mol. The van der Waals surface area contributed by atoms with Crippen LogP contribution < -0.4 is 15.4 Å². The summed E-state index contributed by atoms with van der Waals surface area (Å²) in [5, 5.41) is 0.821. The zero-order valence-corrected chi connectivity index (χ0v) is 24.1. The predicted molar refractivity (Wildman–Crippen MR) is 161 cm³/mol. The van der Waals surface area contributed by atoms with Gasteiger partial charge in [-0.3, -0.25) is 9.88 Å². The fourth-order valence-corrected chi connectivity index (χ4v) is 7.35. The summed E-state index contributed by atoms with van der Waals surface area (Å²) in [5.41, 5.74) is 4.66. The first-order chi connectivity index (χ1) is 22.5. The Bertz CT molecular complexity index is 2000. The largest absolute Gasteiger partial charge is 0.461 e. The van der Waals surface area contributed by atoms with E-state index in [1.165, 1.54) is 24.4 Å². The topological polar surface area (TPSA) is 89.6 Å². The molecule has 1 saturated carbocycles. The Morgan fingerprint density at radius 2 is 2.09 bits per heavy atom. The summed E-state index contributed by atoms with van der Waals surface area (Å²) in [7, 11) is 0. The molecule has 0 spiro atoms. The van der Waals surface area contributed by atoms with Crippen molar-refractivity contribution in [2.45, 2.75) is 43.2 Å². The first-order valence-corrected chi connectivity index (χ1v) is 14.9. The Labute approximate surface area is 259 Å². The van der Waals surface area contributed by atoms with Crippen LogP contribution in [0, 0.1) is 29.9 Å². The molecule has 0 unspecified atom stereocenters. The summed E-state index contributed by atoms with van der Waals surface area (Å²) in [6, 6.07) is 4.61. The van der Waals surface area contributed by atoms with Crippen LogP contribution in [-0.4, -0.2) is 83.2 Å². The van der Waals surface area contributed by atoms with Crippen LogP contribution in [0.1, 0.15) is 27.6 Å². The van der Waals surface area contributed by atoms with Crippen LogP contribution >= 0.6 is 0 Å². The summed E-state index contributed by atoms with van der Waals surface area (Å²) < 4.78 is 90.8. The maximum Gasteiger partial charge on any atom is 0.319 e. The van der Waals surface area contributed by atoms with Gasteiger partial charge in [0, 0.05) is 48.3 Å². The SMILES string of the molecule is [2H]C([2H])(Oc1nc(N2CCOC[C@@H]3[C@@H](F)[C@@H]32)c2cnc(-c3cc(N)cc4ccc(F)c(C#C)c34)c(F)c2n1)[C@@]12CCCN1C[C@H](F)C2. The zero-order valence-electron chi connectivity index (χ0n) is 26.1. The van der Waals surface area contributed by atoms with Crippen molar-refractivity contribution in [1.29, 1.82) is 0 Å². The number of pyridine rings is 1. The number of nitrogen functional groups attached to an aromatic ring is 1. The molecular formula is C33H30F4N6O2. The van der Waals surface area contributed by atoms with Gasteiger partial charge in [-0.2, -0.15) is 9.97 Å². The third kappa shape index (κ3) is 4.47. The molecule has 0 radical (unpaired) electrons. The number of nitrogens with two attached hydrogens (primary N) is 1. The summed E-state index contributed by atoms with van der Waals surface area (Å²) >= 11 is 0. The highest BCUT2D eigenvalue weighted by Crippen LogP contribution is 2.46. The van der Waals surface area contributed by atoms with E-state index in [9.17, 15) is 13.2 Å². The van der Waals surface area contributed by atoms with Crippen LogP contribution in [0.25, 0.3) is 32.9 Å². The number of hydrogen-bond acceptors (Lipinski definition) is 8. The lowest BCUT2D eigenvalue weighted by atomic mass is 9.95. The van der Waals surface area contributed by atoms with Crippen molar-refractivity contribution in [3.63, 3.8) is 0 Å². The smallest absolute Gasteiger partial charge is 0.319 e. The van der Waals surface area contributed by atoms with E-state index < -0.39 is 54.0 Å². The second-order valence-corrected chi connectivity index (χ2v) is 12.2. The van der Waals surface area contributed by atoms with Gasteiger partial charge in [0.05, 0.1) is 38.5 Å². The fraction of sp³-hybridized carbons (Fsp3) is 0.424. The van der Waals surface area contributed by atoms with Crippen molar-refractivity contribution in [2.75, 3.05) is 50.0 Å². The molecule has 4 aromatic rings. The minimum atomic E-state index is -2.46. The van der Waals surface area contributed by atoms with Crippen molar-refractivity contribution in [3.05, 3.63) is 47.7 Å². The second kappa shape index (κ2) is 10.4. The molecule has 2 aromatic heterocycles. The van der Waals surface area contributed by atoms with Crippen LogP contribution in [0.3, 0.4) is 0 Å². The summed E-state index contributed by atoms with van der Waals surface area (Å²) in [6.45, 7) is -1.18. The van der Waals surface area contributed by atoms with Crippen LogP contribution in [0.5, 0.6) is 6.01 Å². The third-order valence-electron chi connectivity index (χ3n) is 9.52. The standard InChI is InChI=1S/C33H30F4N6O2/c1-2-20-24(35)5-4-17-10-19(38)11-21(25(17)20)28-27(37)29-22(13-39-28)31(43-8-9-44-15-23-26(36)30(23)43)41-32(40-29)45-16-33-6-3-7-42(33)14-18(34)12-33/h1,4-5,10-11,13,18,23,26,30H,3,6-9,12,14-16,38H2/t18-,23-,26-,30-,33+/m1/s1/i16D2. The monoisotopic (exact) mass is 620 g/mol. The van der Waals surface area contributed by atoms with Gasteiger partial charge in [-0.1, -0.05) is 12.0 Å². The second-order valence-electron chi connectivity index (χ2n) is 12.2. The first-order valence-electron chi connectivity index (χ1n) is 15.9. The highest BCUT2D eigenvalue weighted by Gasteiger charge is 2.56. The van der Waals surface area contributed by atoms with Crippen LogP contribution in [0.15, 0.2) is 30.5 Å². The molecule has 8 rings (SSSR count). The van der Waals surface area contributed by atoms with Crippen molar-refractivity contribution >= 4 is 33.2 Å². The highest BCUT2D eigenvalue weighted by molar-refractivity contribution is 6.03. The molecule has 5 heterocycles. The molecule has 8 nitrogen and oxygen atoms in total. The van der Waals surface area contributed by atoms with Crippen LogP contribution in [0.4, 0.5) is 29.1 Å². The molecule has 2 N–H and O–H groups in total. The Morgan fingerprint density at radius 1 is 1.22 bits per heavy atom. The van der Waals surface area contributed by atoms with E-state index in [0.29, 0.717) is 24.8 Å². The molecule has 45 heavy (non-hydrogen) atoms. The van der Waals surface area contributed by atoms with E-state index in [-0.39, 0.29) is 77.3 Å². The average Bonchev–Trinajstić information content (AvgIpc) is 3.39. The maximum atomic E-state index is 16.9. The molecule has 2 aromatic carbocycles. The van der Waals surface area contributed by atoms with E-state index in [4.69, 9.17) is 24.4 Å². The number of nitrogens with zero attached hydrogens (tertiary/aromatic N) is 5. The number of fused-ring (bicyclic) bond motifs is 4. The van der Waals surface area contributed by atoms with Crippen molar-refractivity contribution in [1.82, 2.24) is 19.9 Å². The average molecular weight is 621 g/mol. The van der Waals surface area contributed by atoms with Gasteiger partial charge in [0.25, 0.3) is 0 Å². The fourth-order valence-electron chi connectivity index (χ4n) is 7.35. The Morgan fingerprint density at radius 3 is 2.93 bits per heavy atom. The summed E-state index contributed by atoms with van der Waals surface area (Å²) in [4.78, 5) is 16.7. The highest BCUT2D eigenvalue weighted by atomic mass is 19.1. The number of terminal acetylenes is 1. The van der Waals surface area contributed by atoms with Crippen molar-refractivity contribution < 1.29 is 29.8 Å². The van der Waals surface area contributed by atoms with E-state index >= 15 is 4.39 Å². The molecule has 12 heteroatoms. The third-order valence-corrected chi connectivity index (χ3v) is 9.52. The number of halogens is 4. The molecule has 4 fully saturated rings. The first kappa shape index (κ1) is 26.1. The number of aromatic nitrogens is 3. The van der Waals surface area contributed by atoms with Gasteiger partial charge in [-0.05, 0) is 43.0 Å². The van der Waals surface area contributed by atoms with E-state index in [1.807, 2.05) is 0 Å². The summed E-state index contributed by atoms with van der Waals surface area (Å²) in [5.74, 6) is 0.393. The molecule has 0 amide bonds. The zero-order chi connectivity index (χ0) is 32.8. The van der Waals surface area contributed by atoms with Gasteiger partial charge in [-0.25, -0.2) is 17.6 Å². The van der Waals surface area contributed by atoms with Gasteiger partial charge in [0.1, 0.15) is 41.7 Å². The van der Waals surface area contributed by atoms with Crippen LogP contribution in [0.2, 0.25) is 0 Å². The predicted octanol–water partition coefficient (Wildman–Crippen LogP) is 4.82. The van der Waals surface area contributed by atoms with E-state index in [0.717, 1.165) is 0 Å². The molecule has 5 atom stereocenters. The van der Waals surface area contributed by atoms with Gasteiger partial charge in [0.15, 0.2) is 5.82 Å². The van der Waals surface area contributed by atoms with Gasteiger partial charge in [0.2, 0.25) is 0 Å². The number of rotatable bonds is 5. The minimum absolute atomic E-state index is 0.0732. The maximum absolute atomic E-state index is 16.9. The molecule has 3 aliphatic heterocycles. The number of ether oxygens (including phenoxy) is 2. The van der Waals surface area contributed by atoms with Gasteiger partial charge in [-0.15, -0.1) is 6.42 Å². The molecule has 1 aliphatic carbocycles. The molecule has 4 aliphatic rings. The normalized spacial score (nSPS) is 28.7.